The second-order valence-corrected chi connectivity index (χ2v) is 12.6. The highest BCUT2D eigenvalue weighted by molar-refractivity contribution is 6.28. The standard InChI is InChI=1S/C28H22N2.C18H17N/c1-29-18-19-7-6-10-22(17-19)30-25-15-13-20-8-2-4-11-23(20)27(25)28-24-12-5-3-9-21(24)14-16-26(28)30;1-2-7-15(8-3-1)13-19-14-17-11-6-10-16-9-4-5-12-18(16)17/h2-17,29H,18H2,1H3;1-12,19H,13-14H2. The van der Waals surface area contributed by atoms with Gasteiger partial charge in [-0.25, -0.2) is 0 Å². The predicted molar refractivity (Wildman–Crippen MR) is 209 cm³/mol. The van der Waals surface area contributed by atoms with E-state index in [1.807, 2.05) is 13.1 Å². The third kappa shape index (κ3) is 6.07. The van der Waals surface area contributed by atoms with Crippen molar-refractivity contribution >= 4 is 54.1 Å². The summed E-state index contributed by atoms with van der Waals surface area (Å²) in [5, 5.41) is 17.3. The molecular formula is C46H39N3. The van der Waals surface area contributed by atoms with Crippen LogP contribution in [0.4, 0.5) is 0 Å². The SMILES string of the molecule is CNCc1cccc(-n2c3ccc4ccccc4c3c3c4ccccc4ccc32)c1.c1ccc(CNCc2cccc3ccccc23)cc1. The fraction of sp³-hybridized carbons (Fsp3) is 0.0870. The molecule has 0 unspecified atom stereocenters. The Morgan fingerprint density at radius 3 is 1.61 bits per heavy atom. The molecule has 2 N–H and O–H groups in total. The molecule has 0 saturated heterocycles. The molecule has 3 heteroatoms. The Bertz CT molecular complexity index is 2450. The van der Waals surface area contributed by atoms with Gasteiger partial charge < -0.3 is 15.2 Å². The van der Waals surface area contributed by atoms with E-state index in [0.29, 0.717) is 0 Å². The number of rotatable bonds is 7. The normalized spacial score (nSPS) is 11.4. The van der Waals surface area contributed by atoms with Crippen LogP contribution in [0, 0.1) is 0 Å². The fourth-order valence-electron chi connectivity index (χ4n) is 7.22. The number of hydrogen-bond donors (Lipinski definition) is 2. The number of nitrogens with one attached hydrogen (secondary N) is 2. The van der Waals surface area contributed by atoms with E-state index in [-0.39, 0.29) is 0 Å². The summed E-state index contributed by atoms with van der Waals surface area (Å²) in [5.41, 5.74) is 7.67. The minimum Gasteiger partial charge on any atom is -0.316 e. The van der Waals surface area contributed by atoms with Crippen molar-refractivity contribution < 1.29 is 0 Å². The van der Waals surface area contributed by atoms with Crippen LogP contribution in [0.1, 0.15) is 16.7 Å². The first-order chi connectivity index (χ1) is 24.3. The molecule has 1 heterocycles. The number of benzene rings is 8. The zero-order valence-electron chi connectivity index (χ0n) is 27.7. The Hall–Kier alpha value is -5.74. The molecule has 0 aliphatic carbocycles. The smallest absolute Gasteiger partial charge is 0.0547 e. The van der Waals surface area contributed by atoms with E-state index in [1.165, 1.54) is 76.5 Å². The largest absolute Gasteiger partial charge is 0.316 e. The summed E-state index contributed by atoms with van der Waals surface area (Å²) in [6, 6.07) is 60.8. The summed E-state index contributed by atoms with van der Waals surface area (Å²) >= 11 is 0. The van der Waals surface area contributed by atoms with Gasteiger partial charge in [0.1, 0.15) is 0 Å². The molecular weight excluding hydrogens is 595 g/mol. The maximum atomic E-state index is 3.51. The van der Waals surface area contributed by atoms with Crippen LogP contribution in [0.15, 0.2) is 170 Å². The van der Waals surface area contributed by atoms with Gasteiger partial charge in [-0.2, -0.15) is 0 Å². The molecule has 9 rings (SSSR count). The Morgan fingerprint density at radius 2 is 0.959 bits per heavy atom. The molecule has 0 amide bonds. The van der Waals surface area contributed by atoms with Gasteiger partial charge >= 0.3 is 0 Å². The lowest BCUT2D eigenvalue weighted by atomic mass is 10.00. The Morgan fingerprint density at radius 1 is 0.429 bits per heavy atom. The highest BCUT2D eigenvalue weighted by Crippen LogP contribution is 2.40. The maximum absolute atomic E-state index is 3.51. The average molecular weight is 634 g/mol. The zero-order valence-corrected chi connectivity index (χ0v) is 27.7. The van der Waals surface area contributed by atoms with Gasteiger partial charge in [-0.05, 0) is 80.3 Å². The van der Waals surface area contributed by atoms with Gasteiger partial charge in [0.15, 0.2) is 0 Å². The van der Waals surface area contributed by atoms with E-state index in [0.717, 1.165) is 19.6 Å². The molecule has 0 saturated carbocycles. The minimum absolute atomic E-state index is 0.858. The van der Waals surface area contributed by atoms with E-state index in [2.05, 4.69) is 179 Å². The van der Waals surface area contributed by atoms with Gasteiger partial charge in [0.25, 0.3) is 0 Å². The molecule has 0 spiro atoms. The highest BCUT2D eigenvalue weighted by atomic mass is 15.0. The van der Waals surface area contributed by atoms with Crippen LogP contribution in [0.2, 0.25) is 0 Å². The van der Waals surface area contributed by atoms with E-state index in [1.54, 1.807) is 0 Å². The molecule has 0 aliphatic rings. The van der Waals surface area contributed by atoms with Crippen molar-refractivity contribution in [2.45, 2.75) is 19.6 Å². The first-order valence-electron chi connectivity index (χ1n) is 17.1. The van der Waals surface area contributed by atoms with Crippen molar-refractivity contribution in [3.63, 3.8) is 0 Å². The molecule has 8 aromatic carbocycles. The lowest BCUT2D eigenvalue weighted by Gasteiger charge is -2.10. The van der Waals surface area contributed by atoms with Crippen LogP contribution in [0.5, 0.6) is 0 Å². The average Bonchev–Trinajstić information content (AvgIpc) is 3.51. The first kappa shape index (κ1) is 30.6. The summed E-state index contributed by atoms with van der Waals surface area (Å²) in [5.74, 6) is 0. The van der Waals surface area contributed by atoms with Gasteiger partial charge in [0, 0.05) is 36.1 Å². The van der Waals surface area contributed by atoms with Gasteiger partial charge in [-0.1, -0.05) is 146 Å². The molecule has 49 heavy (non-hydrogen) atoms. The van der Waals surface area contributed by atoms with Crippen LogP contribution in [0.25, 0.3) is 59.8 Å². The van der Waals surface area contributed by atoms with E-state index in [4.69, 9.17) is 0 Å². The lowest BCUT2D eigenvalue weighted by molar-refractivity contribution is 0.696. The Balaban J connectivity index is 0.000000158. The second kappa shape index (κ2) is 13.8. The van der Waals surface area contributed by atoms with Crippen molar-refractivity contribution in [2.24, 2.45) is 0 Å². The molecule has 1 aromatic heterocycles. The fourth-order valence-corrected chi connectivity index (χ4v) is 7.22. The number of fused-ring (bicyclic) bond motifs is 8. The van der Waals surface area contributed by atoms with Crippen LogP contribution in [-0.2, 0) is 19.6 Å². The Kier molecular flexibility index (Phi) is 8.60. The van der Waals surface area contributed by atoms with E-state index < -0.39 is 0 Å². The topological polar surface area (TPSA) is 29.0 Å². The first-order valence-corrected chi connectivity index (χ1v) is 17.1. The van der Waals surface area contributed by atoms with Gasteiger partial charge in [0.2, 0.25) is 0 Å². The third-order valence-electron chi connectivity index (χ3n) is 9.46. The van der Waals surface area contributed by atoms with Gasteiger partial charge in [0.05, 0.1) is 11.0 Å². The van der Waals surface area contributed by atoms with Crippen molar-refractivity contribution in [3.05, 3.63) is 187 Å². The maximum Gasteiger partial charge on any atom is 0.0547 e. The molecule has 0 aliphatic heterocycles. The summed E-state index contributed by atoms with van der Waals surface area (Å²) in [4.78, 5) is 0. The quantitative estimate of drug-likeness (QED) is 0.183. The monoisotopic (exact) mass is 633 g/mol. The van der Waals surface area contributed by atoms with Crippen molar-refractivity contribution in [2.75, 3.05) is 7.05 Å². The molecule has 0 fully saturated rings. The summed E-state index contributed by atoms with van der Waals surface area (Å²) in [6.45, 7) is 2.66. The zero-order chi connectivity index (χ0) is 33.0. The molecule has 0 bridgehead atoms. The number of nitrogens with zero attached hydrogens (tertiary/aromatic N) is 1. The third-order valence-corrected chi connectivity index (χ3v) is 9.46. The van der Waals surface area contributed by atoms with E-state index in [9.17, 15) is 0 Å². The second-order valence-electron chi connectivity index (χ2n) is 12.6. The van der Waals surface area contributed by atoms with Crippen molar-refractivity contribution in [1.29, 1.82) is 0 Å². The van der Waals surface area contributed by atoms with Gasteiger partial charge in [-0.3, -0.25) is 0 Å². The number of aromatic nitrogens is 1. The van der Waals surface area contributed by atoms with Crippen molar-refractivity contribution in [3.8, 4) is 5.69 Å². The predicted octanol–water partition coefficient (Wildman–Crippen LogP) is 10.9. The summed E-state index contributed by atoms with van der Waals surface area (Å²) in [6.07, 6.45) is 0. The van der Waals surface area contributed by atoms with Crippen LogP contribution >= 0.6 is 0 Å². The van der Waals surface area contributed by atoms with Gasteiger partial charge in [-0.15, -0.1) is 0 Å². The molecule has 238 valence electrons. The number of hydrogen-bond acceptors (Lipinski definition) is 2. The lowest BCUT2D eigenvalue weighted by Crippen LogP contribution is -2.12. The molecule has 0 radical (unpaired) electrons. The van der Waals surface area contributed by atoms with Crippen LogP contribution < -0.4 is 10.6 Å². The van der Waals surface area contributed by atoms with Crippen LogP contribution in [-0.4, -0.2) is 11.6 Å². The summed E-state index contributed by atoms with van der Waals surface area (Å²) < 4.78 is 2.42. The Labute approximate surface area is 287 Å². The molecule has 0 atom stereocenters. The van der Waals surface area contributed by atoms with Crippen LogP contribution in [0.3, 0.4) is 0 Å². The summed E-state index contributed by atoms with van der Waals surface area (Å²) in [7, 11) is 1.99. The van der Waals surface area contributed by atoms with E-state index >= 15 is 0 Å². The van der Waals surface area contributed by atoms with Crippen molar-refractivity contribution in [1.82, 2.24) is 15.2 Å². The molecule has 3 nitrogen and oxygen atoms in total. The minimum atomic E-state index is 0.858. The highest BCUT2D eigenvalue weighted by Gasteiger charge is 2.17. The molecule has 9 aromatic rings.